The Balaban J connectivity index is 1.99. The molecule has 2 rings (SSSR count). The Hall–Kier alpha value is -2.68. The van der Waals surface area contributed by atoms with E-state index >= 15 is 0 Å². The maximum atomic E-state index is 11.8. The number of nitrogens with one attached hydrogen (secondary N) is 1. The third-order valence-electron chi connectivity index (χ3n) is 2.51. The second-order valence-corrected chi connectivity index (χ2v) is 4.53. The van der Waals surface area contributed by atoms with Gasteiger partial charge in [-0.15, -0.1) is 0 Å². The highest BCUT2D eigenvalue weighted by Gasteiger charge is 2.15. The number of carbonyl (C=O) groups is 1. The Morgan fingerprint density at radius 3 is 2.91 bits per heavy atom. The molecule has 0 saturated carbocycles. The third-order valence-corrected chi connectivity index (χ3v) is 2.80. The summed E-state index contributed by atoms with van der Waals surface area (Å²) in [5.74, 6) is -0.453. The predicted octanol–water partition coefficient (Wildman–Crippen LogP) is 1.88. The second-order valence-electron chi connectivity index (χ2n) is 4.13. The SMILES string of the molecule is CCOc1ccc(NC(=O)Cn2cnc([N+](=O)[O-])n2)cc1Cl. The average Bonchev–Trinajstić information content (AvgIpc) is 2.90. The molecule has 0 aliphatic rings. The van der Waals surface area contributed by atoms with Gasteiger partial charge in [0.05, 0.1) is 11.6 Å². The summed E-state index contributed by atoms with van der Waals surface area (Å²) in [5.41, 5.74) is 0.480. The zero-order valence-electron chi connectivity index (χ0n) is 11.5. The van der Waals surface area contributed by atoms with Crippen molar-refractivity contribution in [3.05, 3.63) is 39.7 Å². The van der Waals surface area contributed by atoms with E-state index < -0.39 is 16.8 Å². The van der Waals surface area contributed by atoms with Gasteiger partial charge in [0.25, 0.3) is 0 Å². The predicted molar refractivity (Wildman–Crippen MR) is 77.9 cm³/mol. The summed E-state index contributed by atoms with van der Waals surface area (Å²) in [4.78, 5) is 25.0. The molecule has 10 heteroatoms. The fraction of sp³-hybridized carbons (Fsp3) is 0.250. The van der Waals surface area contributed by atoms with Crippen molar-refractivity contribution >= 4 is 29.1 Å². The van der Waals surface area contributed by atoms with Crippen molar-refractivity contribution in [2.45, 2.75) is 13.5 Å². The topological polar surface area (TPSA) is 112 Å². The summed E-state index contributed by atoms with van der Waals surface area (Å²) in [7, 11) is 0. The molecule has 0 aliphatic heterocycles. The van der Waals surface area contributed by atoms with Crippen LogP contribution in [0.3, 0.4) is 0 Å². The second kappa shape index (κ2) is 6.85. The number of halogens is 1. The molecule has 9 nitrogen and oxygen atoms in total. The van der Waals surface area contributed by atoms with Crippen LogP contribution in [0.1, 0.15) is 6.92 Å². The lowest BCUT2D eigenvalue weighted by Gasteiger charge is -2.08. The number of carbonyl (C=O) groups excluding carboxylic acids is 1. The van der Waals surface area contributed by atoms with Crippen LogP contribution in [-0.4, -0.2) is 32.2 Å². The molecule has 2 aromatic rings. The van der Waals surface area contributed by atoms with Gasteiger partial charge in [0.2, 0.25) is 12.2 Å². The number of ether oxygens (including phenoxy) is 1. The summed E-state index contributed by atoms with van der Waals surface area (Å²) in [6.45, 7) is 2.12. The zero-order valence-corrected chi connectivity index (χ0v) is 12.3. The first kappa shape index (κ1) is 15.7. The Morgan fingerprint density at radius 1 is 1.55 bits per heavy atom. The molecule has 1 amide bonds. The molecular formula is C12H12ClN5O4. The van der Waals surface area contributed by atoms with Gasteiger partial charge in [0.1, 0.15) is 12.3 Å². The lowest BCUT2D eigenvalue weighted by molar-refractivity contribution is -0.394. The molecule has 0 atom stereocenters. The van der Waals surface area contributed by atoms with Crippen LogP contribution in [0.2, 0.25) is 5.02 Å². The van der Waals surface area contributed by atoms with E-state index in [9.17, 15) is 14.9 Å². The van der Waals surface area contributed by atoms with E-state index in [2.05, 4.69) is 15.4 Å². The molecule has 116 valence electrons. The number of aromatic nitrogens is 3. The van der Waals surface area contributed by atoms with Gasteiger partial charge in [-0.3, -0.25) is 4.79 Å². The molecule has 1 heterocycles. The van der Waals surface area contributed by atoms with Crippen LogP contribution in [0.25, 0.3) is 0 Å². The largest absolute Gasteiger partial charge is 0.492 e. The van der Waals surface area contributed by atoms with E-state index in [1.807, 2.05) is 6.92 Å². The normalized spacial score (nSPS) is 10.3. The van der Waals surface area contributed by atoms with Crippen molar-refractivity contribution in [3.8, 4) is 5.75 Å². The molecule has 0 aliphatic carbocycles. The number of nitrogens with zero attached hydrogens (tertiary/aromatic N) is 4. The van der Waals surface area contributed by atoms with Gasteiger partial charge in [-0.25, -0.2) is 0 Å². The van der Waals surface area contributed by atoms with Gasteiger partial charge >= 0.3 is 5.95 Å². The van der Waals surface area contributed by atoms with Gasteiger partial charge in [-0.05, 0) is 30.0 Å². The maximum Gasteiger partial charge on any atom is 0.490 e. The fourth-order valence-corrected chi connectivity index (χ4v) is 1.88. The van der Waals surface area contributed by atoms with Crippen molar-refractivity contribution in [1.29, 1.82) is 0 Å². The Bertz CT molecular complexity index is 703. The summed E-state index contributed by atoms with van der Waals surface area (Å²) in [5, 5.41) is 17.0. The standard InChI is InChI=1S/C12H12ClN5O4/c1-2-22-10-4-3-8(5-9(10)13)15-11(19)6-17-7-14-12(16-17)18(20)21/h3-5,7H,2,6H2,1H3,(H,15,19). The first-order chi connectivity index (χ1) is 10.5. The highest BCUT2D eigenvalue weighted by molar-refractivity contribution is 6.32. The minimum Gasteiger partial charge on any atom is -0.492 e. The molecule has 1 aromatic carbocycles. The van der Waals surface area contributed by atoms with Crippen LogP contribution in [-0.2, 0) is 11.3 Å². The number of nitro groups is 1. The monoisotopic (exact) mass is 325 g/mol. The number of rotatable bonds is 6. The van der Waals surface area contributed by atoms with Gasteiger partial charge in [-0.1, -0.05) is 16.6 Å². The van der Waals surface area contributed by atoms with Crippen LogP contribution < -0.4 is 10.1 Å². The molecule has 0 unspecified atom stereocenters. The minimum absolute atomic E-state index is 0.203. The van der Waals surface area contributed by atoms with E-state index in [1.165, 1.54) is 0 Å². The molecule has 22 heavy (non-hydrogen) atoms. The van der Waals surface area contributed by atoms with Gasteiger partial charge in [-0.2, -0.15) is 4.68 Å². The van der Waals surface area contributed by atoms with Crippen molar-refractivity contribution in [1.82, 2.24) is 14.8 Å². The highest BCUT2D eigenvalue weighted by atomic mass is 35.5. The molecule has 1 aromatic heterocycles. The first-order valence-electron chi connectivity index (χ1n) is 6.25. The number of hydrogen-bond acceptors (Lipinski definition) is 6. The zero-order chi connectivity index (χ0) is 16.1. The molecular weight excluding hydrogens is 314 g/mol. The quantitative estimate of drug-likeness (QED) is 0.641. The van der Waals surface area contributed by atoms with Crippen molar-refractivity contribution in [2.75, 3.05) is 11.9 Å². The van der Waals surface area contributed by atoms with Gasteiger partial charge in [0, 0.05) is 10.8 Å². The average molecular weight is 326 g/mol. The van der Waals surface area contributed by atoms with E-state index in [-0.39, 0.29) is 6.54 Å². The Kier molecular flexibility index (Phi) is 4.89. The molecule has 1 N–H and O–H groups in total. The Labute approximate surface area is 130 Å². The van der Waals surface area contributed by atoms with E-state index in [4.69, 9.17) is 16.3 Å². The maximum absolute atomic E-state index is 11.8. The summed E-state index contributed by atoms with van der Waals surface area (Å²) in [6, 6.07) is 4.83. The molecule has 0 bridgehead atoms. The van der Waals surface area contributed by atoms with Gasteiger partial charge < -0.3 is 20.2 Å². The van der Waals surface area contributed by atoms with Crippen molar-refractivity contribution in [2.24, 2.45) is 0 Å². The summed E-state index contributed by atoms with van der Waals surface area (Å²) in [6.07, 6.45) is 1.11. The smallest absolute Gasteiger partial charge is 0.490 e. The fourth-order valence-electron chi connectivity index (χ4n) is 1.64. The Morgan fingerprint density at radius 2 is 2.32 bits per heavy atom. The van der Waals surface area contributed by atoms with Crippen LogP contribution in [0.5, 0.6) is 5.75 Å². The number of anilines is 1. The minimum atomic E-state index is -0.735. The number of benzene rings is 1. The molecule has 0 radical (unpaired) electrons. The van der Waals surface area contributed by atoms with Crippen LogP contribution in [0.4, 0.5) is 11.6 Å². The molecule has 0 saturated heterocycles. The lowest BCUT2D eigenvalue weighted by Crippen LogP contribution is -2.19. The summed E-state index contributed by atoms with van der Waals surface area (Å²) < 4.78 is 6.36. The van der Waals surface area contributed by atoms with Crippen molar-refractivity contribution < 1.29 is 14.5 Å². The lowest BCUT2D eigenvalue weighted by atomic mass is 10.3. The van der Waals surface area contributed by atoms with Gasteiger partial charge in [0.15, 0.2) is 0 Å². The summed E-state index contributed by atoms with van der Waals surface area (Å²) >= 11 is 6.01. The van der Waals surface area contributed by atoms with Crippen LogP contribution in [0.15, 0.2) is 24.5 Å². The molecule has 0 spiro atoms. The van der Waals surface area contributed by atoms with Crippen LogP contribution in [0, 0.1) is 10.1 Å². The first-order valence-corrected chi connectivity index (χ1v) is 6.63. The highest BCUT2D eigenvalue weighted by Crippen LogP contribution is 2.27. The van der Waals surface area contributed by atoms with Crippen LogP contribution >= 0.6 is 11.6 Å². The van der Waals surface area contributed by atoms with E-state index in [0.29, 0.717) is 23.1 Å². The third kappa shape index (κ3) is 3.92. The van der Waals surface area contributed by atoms with Crippen molar-refractivity contribution in [3.63, 3.8) is 0 Å². The van der Waals surface area contributed by atoms with E-state index in [0.717, 1.165) is 11.0 Å². The number of amides is 1. The van der Waals surface area contributed by atoms with E-state index in [1.54, 1.807) is 18.2 Å². The number of hydrogen-bond donors (Lipinski definition) is 1. The molecule has 0 fully saturated rings.